The number of aromatic nitrogens is 2. The third kappa shape index (κ3) is 12.1. The largest absolute Gasteiger partial charge is 0.458 e. The Balaban J connectivity index is 0.000000392. The highest BCUT2D eigenvalue weighted by atomic mass is 19.4. The van der Waals surface area contributed by atoms with Crippen molar-refractivity contribution in [3.05, 3.63) is 36.7 Å². The molecule has 1 saturated heterocycles. The van der Waals surface area contributed by atoms with Crippen molar-refractivity contribution in [3.8, 4) is 11.3 Å². The number of hydrogen-bond acceptors (Lipinski definition) is 8. The molecule has 1 N–H and O–H groups in total. The van der Waals surface area contributed by atoms with E-state index in [-0.39, 0.29) is 0 Å². The number of hydrogen-bond donors (Lipinski definition) is 1. The first-order chi connectivity index (χ1) is 18.8. The highest BCUT2D eigenvalue weighted by molar-refractivity contribution is 6.41. The number of nitrogens with one attached hydrogen (secondary N) is 1. The number of ketones is 2. The standard InChI is InChI=1S/C18H25N5.C4F6O2.C2HF3O/c1-14(2)22-8-10-23(11-9-22)18-13-20-17(12-21-18)15-4-6-16(19-3)7-5-15;5-3(6,7)1(11)2(12)4(8,9)10;3-2(4,5)1-6/h4-7,12-14,19H,8-11H2,1-3H3;;1H. The van der Waals surface area contributed by atoms with Gasteiger partial charge in [-0.15, -0.1) is 0 Å². The van der Waals surface area contributed by atoms with Crippen molar-refractivity contribution >= 4 is 29.4 Å². The molecule has 41 heavy (non-hydrogen) atoms. The van der Waals surface area contributed by atoms with Crippen molar-refractivity contribution in [1.29, 1.82) is 0 Å². The van der Waals surface area contributed by atoms with Crippen LogP contribution in [0.1, 0.15) is 13.8 Å². The molecule has 0 atom stereocenters. The Morgan fingerprint density at radius 2 is 1.29 bits per heavy atom. The Hall–Kier alpha value is -3.76. The molecular formula is C24H26F9N5O3. The van der Waals surface area contributed by atoms with Gasteiger partial charge in [-0.2, -0.15) is 39.5 Å². The lowest BCUT2D eigenvalue weighted by Gasteiger charge is -2.37. The van der Waals surface area contributed by atoms with Gasteiger partial charge in [-0.05, 0) is 26.0 Å². The van der Waals surface area contributed by atoms with E-state index in [1.807, 2.05) is 19.4 Å². The van der Waals surface area contributed by atoms with Crippen molar-refractivity contribution in [3.63, 3.8) is 0 Å². The van der Waals surface area contributed by atoms with Crippen LogP contribution < -0.4 is 10.2 Å². The van der Waals surface area contributed by atoms with Gasteiger partial charge in [0.15, 0.2) is 0 Å². The van der Waals surface area contributed by atoms with Gasteiger partial charge in [-0.25, -0.2) is 4.98 Å². The van der Waals surface area contributed by atoms with Crippen molar-refractivity contribution in [1.82, 2.24) is 14.9 Å². The maximum atomic E-state index is 11.2. The zero-order valence-electron chi connectivity index (χ0n) is 21.9. The SMILES string of the molecule is CNc1ccc(-c2cnc(N3CCN(C(C)C)CC3)cn2)cc1.O=C(C(=O)C(F)(F)F)C(F)(F)F.O=CC(F)(F)F. The number of nitrogens with zero attached hydrogens (tertiary/aromatic N) is 4. The second kappa shape index (κ2) is 14.7. The summed E-state index contributed by atoms with van der Waals surface area (Å²) in [6.45, 7) is 8.72. The summed E-state index contributed by atoms with van der Waals surface area (Å²) in [6.07, 6.45) is -13.5. The van der Waals surface area contributed by atoms with Gasteiger partial charge in [0, 0.05) is 50.5 Å². The van der Waals surface area contributed by atoms with E-state index in [1.54, 1.807) is 0 Å². The molecule has 1 aliphatic rings. The molecule has 0 saturated carbocycles. The predicted molar refractivity (Wildman–Crippen MR) is 130 cm³/mol. The average Bonchev–Trinajstić information content (AvgIpc) is 2.91. The Morgan fingerprint density at radius 3 is 1.61 bits per heavy atom. The van der Waals surface area contributed by atoms with Gasteiger partial charge in [-0.1, -0.05) is 12.1 Å². The number of Topliss-reactive ketones (excluding diaryl/α,β-unsaturated/α-hetero) is 2. The monoisotopic (exact) mass is 603 g/mol. The van der Waals surface area contributed by atoms with Crippen molar-refractivity contribution in [2.75, 3.05) is 43.4 Å². The summed E-state index contributed by atoms with van der Waals surface area (Å²) in [6, 6.07) is 8.85. The molecule has 0 aliphatic carbocycles. The minimum absolute atomic E-state index is 0.617. The normalized spacial score (nSPS) is 14.3. The van der Waals surface area contributed by atoms with Crippen molar-refractivity contribution in [2.45, 2.75) is 38.4 Å². The number of anilines is 2. The molecule has 2 aromatic rings. The fourth-order valence-electron chi connectivity index (χ4n) is 3.17. The van der Waals surface area contributed by atoms with Gasteiger partial charge in [0.2, 0.25) is 6.29 Å². The lowest BCUT2D eigenvalue weighted by molar-refractivity contribution is -0.193. The molecule has 1 aromatic heterocycles. The topological polar surface area (TPSA) is 95.5 Å². The molecule has 0 bridgehead atoms. The van der Waals surface area contributed by atoms with E-state index in [2.05, 4.69) is 63.2 Å². The molecule has 1 aromatic carbocycles. The average molecular weight is 603 g/mol. The fraction of sp³-hybridized carbons (Fsp3) is 0.458. The highest BCUT2D eigenvalue weighted by Crippen LogP contribution is 2.24. The summed E-state index contributed by atoms with van der Waals surface area (Å²) in [4.78, 5) is 42.0. The van der Waals surface area contributed by atoms with E-state index >= 15 is 0 Å². The van der Waals surface area contributed by atoms with Crippen LogP contribution in [0.25, 0.3) is 11.3 Å². The number of benzene rings is 1. The van der Waals surface area contributed by atoms with E-state index in [9.17, 15) is 49.1 Å². The maximum absolute atomic E-state index is 11.2. The van der Waals surface area contributed by atoms with E-state index in [0.717, 1.165) is 48.9 Å². The molecule has 1 aliphatic heterocycles. The van der Waals surface area contributed by atoms with Crippen LogP contribution in [0.2, 0.25) is 0 Å². The highest BCUT2D eigenvalue weighted by Gasteiger charge is 2.54. The molecule has 228 valence electrons. The van der Waals surface area contributed by atoms with Crippen molar-refractivity contribution in [2.24, 2.45) is 0 Å². The second-order valence-corrected chi connectivity index (χ2v) is 8.52. The predicted octanol–water partition coefficient (Wildman–Crippen LogP) is 4.71. The van der Waals surface area contributed by atoms with E-state index in [4.69, 9.17) is 4.79 Å². The van der Waals surface area contributed by atoms with Crippen LogP contribution in [0.15, 0.2) is 36.7 Å². The minimum atomic E-state index is -5.77. The third-order valence-electron chi connectivity index (χ3n) is 5.33. The Kier molecular flexibility index (Phi) is 12.7. The van der Waals surface area contributed by atoms with Crippen LogP contribution in [-0.4, -0.2) is 90.5 Å². The van der Waals surface area contributed by atoms with Gasteiger partial charge in [0.25, 0.3) is 0 Å². The smallest absolute Gasteiger partial charge is 0.388 e. The molecule has 0 radical (unpaired) electrons. The Labute approximate surface area is 228 Å². The van der Waals surface area contributed by atoms with Gasteiger partial charge < -0.3 is 10.2 Å². The summed E-state index contributed by atoms with van der Waals surface area (Å²) in [5, 5.41) is 3.12. The van der Waals surface area contributed by atoms with Gasteiger partial charge in [0.05, 0.1) is 18.1 Å². The number of carbonyl (C=O) groups is 3. The van der Waals surface area contributed by atoms with E-state index < -0.39 is 36.4 Å². The number of aldehydes is 1. The van der Waals surface area contributed by atoms with Gasteiger partial charge >= 0.3 is 30.1 Å². The first-order valence-electron chi connectivity index (χ1n) is 11.6. The number of piperazine rings is 1. The maximum Gasteiger partial charge on any atom is 0.458 e. The molecule has 1 fully saturated rings. The Morgan fingerprint density at radius 1 is 0.829 bits per heavy atom. The van der Waals surface area contributed by atoms with Crippen LogP contribution >= 0.6 is 0 Å². The molecule has 0 spiro atoms. The lowest BCUT2D eigenvalue weighted by Crippen LogP contribution is -2.49. The molecule has 3 rings (SSSR count). The zero-order chi connectivity index (χ0) is 31.6. The van der Waals surface area contributed by atoms with Crippen LogP contribution in [-0.2, 0) is 14.4 Å². The van der Waals surface area contributed by atoms with Crippen LogP contribution in [0.4, 0.5) is 51.0 Å². The molecular weight excluding hydrogens is 577 g/mol. The molecule has 0 amide bonds. The van der Waals surface area contributed by atoms with Crippen molar-refractivity contribution < 1.29 is 53.9 Å². The summed E-state index contributed by atoms with van der Waals surface area (Å²) >= 11 is 0. The fourth-order valence-corrected chi connectivity index (χ4v) is 3.17. The number of rotatable bonds is 5. The second-order valence-electron chi connectivity index (χ2n) is 8.52. The number of alkyl halides is 9. The molecule has 17 heteroatoms. The summed E-state index contributed by atoms with van der Waals surface area (Å²) in [5.41, 5.74) is 3.10. The van der Waals surface area contributed by atoms with Crippen LogP contribution in [0, 0.1) is 0 Å². The molecule has 8 nitrogen and oxygen atoms in total. The first kappa shape index (κ1) is 35.3. The van der Waals surface area contributed by atoms with Gasteiger partial charge in [0.1, 0.15) is 5.82 Å². The van der Waals surface area contributed by atoms with Crippen LogP contribution in [0.3, 0.4) is 0 Å². The summed E-state index contributed by atoms with van der Waals surface area (Å²) in [7, 11) is 1.92. The molecule has 0 unspecified atom stereocenters. The third-order valence-corrected chi connectivity index (χ3v) is 5.33. The van der Waals surface area contributed by atoms with E-state index in [1.165, 1.54) is 0 Å². The number of halogens is 9. The molecule has 2 heterocycles. The minimum Gasteiger partial charge on any atom is -0.388 e. The number of carbonyl (C=O) groups excluding carboxylic acids is 3. The van der Waals surface area contributed by atoms with Gasteiger partial charge in [-0.3, -0.25) is 24.3 Å². The lowest BCUT2D eigenvalue weighted by atomic mass is 10.1. The summed E-state index contributed by atoms with van der Waals surface area (Å²) < 4.78 is 98.2. The summed E-state index contributed by atoms with van der Waals surface area (Å²) in [5.74, 6) is -5.84. The quantitative estimate of drug-likeness (QED) is 0.299. The Bertz CT molecular complexity index is 1100. The van der Waals surface area contributed by atoms with E-state index in [0.29, 0.717) is 6.04 Å². The van der Waals surface area contributed by atoms with Crippen LogP contribution in [0.5, 0.6) is 0 Å². The first-order valence-corrected chi connectivity index (χ1v) is 11.6. The zero-order valence-corrected chi connectivity index (χ0v) is 21.9.